The number of hydrogen-bond acceptors (Lipinski definition) is 3. The van der Waals surface area contributed by atoms with Crippen molar-refractivity contribution >= 4 is 15.9 Å². The SMILES string of the molecule is O=C(N[C@@H]1CCS(=O)(=O)C1)N1CCCC[C@H]1Cc1ccccc1. The Balaban J connectivity index is 1.62. The molecule has 5 nitrogen and oxygen atoms in total. The summed E-state index contributed by atoms with van der Waals surface area (Å²) in [6.07, 6.45) is 4.55. The molecule has 2 amide bonds. The molecule has 126 valence electrons. The summed E-state index contributed by atoms with van der Waals surface area (Å²) in [6, 6.07) is 10.1. The highest BCUT2D eigenvalue weighted by atomic mass is 32.2. The maximum atomic E-state index is 12.6. The predicted octanol–water partition coefficient (Wildman–Crippen LogP) is 1.98. The zero-order chi connectivity index (χ0) is 16.3. The lowest BCUT2D eigenvalue weighted by molar-refractivity contribution is 0.148. The summed E-state index contributed by atoms with van der Waals surface area (Å²) in [5.74, 6) is 0.265. The van der Waals surface area contributed by atoms with E-state index >= 15 is 0 Å². The number of carbonyl (C=O) groups excluding carboxylic acids is 1. The number of likely N-dealkylation sites (tertiary alicyclic amines) is 1. The fraction of sp³-hybridized carbons (Fsp3) is 0.588. The Kier molecular flexibility index (Phi) is 4.90. The highest BCUT2D eigenvalue weighted by Gasteiger charge is 2.32. The summed E-state index contributed by atoms with van der Waals surface area (Å²) in [4.78, 5) is 14.5. The molecule has 0 radical (unpaired) electrons. The molecule has 0 bridgehead atoms. The van der Waals surface area contributed by atoms with Crippen LogP contribution in [0.1, 0.15) is 31.2 Å². The second-order valence-electron chi connectivity index (χ2n) is 6.58. The van der Waals surface area contributed by atoms with Gasteiger partial charge in [0.1, 0.15) is 0 Å². The van der Waals surface area contributed by atoms with Crippen LogP contribution in [0.4, 0.5) is 4.79 Å². The predicted molar refractivity (Wildman–Crippen MR) is 90.1 cm³/mol. The van der Waals surface area contributed by atoms with Crippen LogP contribution in [0.2, 0.25) is 0 Å². The highest BCUT2D eigenvalue weighted by Crippen LogP contribution is 2.21. The van der Waals surface area contributed by atoms with Crippen LogP contribution in [0.3, 0.4) is 0 Å². The number of benzene rings is 1. The van der Waals surface area contributed by atoms with Crippen molar-refractivity contribution in [1.82, 2.24) is 10.2 Å². The van der Waals surface area contributed by atoms with Crippen molar-refractivity contribution in [2.75, 3.05) is 18.1 Å². The molecule has 1 N–H and O–H groups in total. The topological polar surface area (TPSA) is 66.5 Å². The lowest BCUT2D eigenvalue weighted by Crippen LogP contribution is -2.52. The molecule has 6 heteroatoms. The molecule has 2 aliphatic rings. The van der Waals surface area contributed by atoms with Crippen LogP contribution in [-0.4, -0.2) is 49.5 Å². The number of nitrogens with zero attached hydrogens (tertiary/aromatic N) is 1. The van der Waals surface area contributed by atoms with E-state index in [2.05, 4.69) is 17.4 Å². The van der Waals surface area contributed by atoms with E-state index in [1.807, 2.05) is 23.1 Å². The Hall–Kier alpha value is -1.56. The quantitative estimate of drug-likeness (QED) is 0.918. The van der Waals surface area contributed by atoms with E-state index in [4.69, 9.17) is 0 Å². The van der Waals surface area contributed by atoms with E-state index < -0.39 is 9.84 Å². The van der Waals surface area contributed by atoms with Crippen LogP contribution in [-0.2, 0) is 16.3 Å². The highest BCUT2D eigenvalue weighted by molar-refractivity contribution is 7.91. The third-order valence-electron chi connectivity index (χ3n) is 4.76. The van der Waals surface area contributed by atoms with Gasteiger partial charge < -0.3 is 10.2 Å². The normalized spacial score (nSPS) is 26.9. The van der Waals surface area contributed by atoms with E-state index in [0.717, 1.165) is 32.2 Å². The van der Waals surface area contributed by atoms with Gasteiger partial charge in [-0.1, -0.05) is 30.3 Å². The Labute approximate surface area is 138 Å². The van der Waals surface area contributed by atoms with Crippen molar-refractivity contribution in [3.63, 3.8) is 0 Å². The van der Waals surface area contributed by atoms with Crippen LogP contribution in [0, 0.1) is 0 Å². The van der Waals surface area contributed by atoms with Gasteiger partial charge >= 0.3 is 6.03 Å². The molecule has 0 aromatic heterocycles. The number of carbonyl (C=O) groups is 1. The average molecular weight is 336 g/mol. The van der Waals surface area contributed by atoms with E-state index in [-0.39, 0.29) is 29.6 Å². The Bertz CT molecular complexity index is 645. The second-order valence-corrected chi connectivity index (χ2v) is 8.81. The van der Waals surface area contributed by atoms with Crippen molar-refractivity contribution in [1.29, 1.82) is 0 Å². The third kappa shape index (κ3) is 4.25. The van der Waals surface area contributed by atoms with Crippen molar-refractivity contribution in [2.45, 2.75) is 44.2 Å². The van der Waals surface area contributed by atoms with Gasteiger partial charge in [0.25, 0.3) is 0 Å². The maximum absolute atomic E-state index is 12.6. The molecule has 2 atom stereocenters. The average Bonchev–Trinajstić information content (AvgIpc) is 2.87. The molecule has 2 fully saturated rings. The molecule has 2 heterocycles. The van der Waals surface area contributed by atoms with E-state index in [0.29, 0.717) is 6.42 Å². The van der Waals surface area contributed by atoms with Gasteiger partial charge in [-0.05, 0) is 37.7 Å². The largest absolute Gasteiger partial charge is 0.334 e. The molecule has 0 spiro atoms. The van der Waals surface area contributed by atoms with Gasteiger partial charge in [0.05, 0.1) is 11.5 Å². The zero-order valence-electron chi connectivity index (χ0n) is 13.3. The number of piperidine rings is 1. The standard InChI is InChI=1S/C17H24N2O3S/c20-17(18-15-9-11-23(21,22)13-15)19-10-5-4-8-16(19)12-14-6-2-1-3-7-14/h1-3,6-7,15-16H,4-5,8-13H2,(H,18,20)/t15-,16+/m1/s1. The summed E-state index contributed by atoms with van der Waals surface area (Å²) >= 11 is 0. The molecular weight excluding hydrogens is 312 g/mol. The smallest absolute Gasteiger partial charge is 0.317 e. The first-order chi connectivity index (χ1) is 11.0. The summed E-state index contributed by atoms with van der Waals surface area (Å²) in [5.41, 5.74) is 1.24. The molecule has 2 saturated heterocycles. The molecular formula is C17H24N2O3S. The zero-order valence-corrected chi connectivity index (χ0v) is 14.1. The fourth-order valence-electron chi connectivity index (χ4n) is 3.53. The van der Waals surface area contributed by atoms with Gasteiger partial charge in [-0.3, -0.25) is 0 Å². The number of hydrogen-bond donors (Lipinski definition) is 1. The van der Waals surface area contributed by atoms with Gasteiger partial charge in [0, 0.05) is 18.6 Å². The molecule has 2 aliphatic heterocycles. The van der Waals surface area contributed by atoms with Gasteiger partial charge in [0.2, 0.25) is 0 Å². The monoisotopic (exact) mass is 336 g/mol. The molecule has 3 rings (SSSR count). The van der Waals surface area contributed by atoms with Gasteiger partial charge in [-0.2, -0.15) is 0 Å². The molecule has 1 aromatic rings. The molecule has 0 saturated carbocycles. The number of urea groups is 1. The summed E-state index contributed by atoms with van der Waals surface area (Å²) in [6.45, 7) is 0.753. The van der Waals surface area contributed by atoms with Crippen molar-refractivity contribution < 1.29 is 13.2 Å². The molecule has 1 aromatic carbocycles. The Morgan fingerprint density at radius 1 is 1.17 bits per heavy atom. The van der Waals surface area contributed by atoms with Crippen LogP contribution in [0.25, 0.3) is 0 Å². The molecule has 23 heavy (non-hydrogen) atoms. The minimum absolute atomic E-state index is 0.0793. The van der Waals surface area contributed by atoms with Gasteiger partial charge in [-0.15, -0.1) is 0 Å². The van der Waals surface area contributed by atoms with Crippen molar-refractivity contribution in [2.24, 2.45) is 0 Å². The molecule has 0 unspecified atom stereocenters. The van der Waals surface area contributed by atoms with Crippen molar-refractivity contribution in [3.05, 3.63) is 35.9 Å². The maximum Gasteiger partial charge on any atom is 0.317 e. The lowest BCUT2D eigenvalue weighted by atomic mass is 9.96. The van der Waals surface area contributed by atoms with Crippen LogP contribution in [0.5, 0.6) is 0 Å². The molecule has 0 aliphatic carbocycles. The minimum atomic E-state index is -2.97. The third-order valence-corrected chi connectivity index (χ3v) is 6.53. The van der Waals surface area contributed by atoms with E-state index in [1.165, 1.54) is 5.56 Å². The fourth-order valence-corrected chi connectivity index (χ4v) is 5.21. The Morgan fingerprint density at radius 2 is 1.96 bits per heavy atom. The summed E-state index contributed by atoms with van der Waals surface area (Å²) < 4.78 is 23.1. The minimum Gasteiger partial charge on any atom is -0.334 e. The first kappa shape index (κ1) is 16.3. The summed E-state index contributed by atoms with van der Waals surface area (Å²) in [7, 11) is -2.97. The van der Waals surface area contributed by atoms with E-state index in [1.54, 1.807) is 0 Å². The van der Waals surface area contributed by atoms with Gasteiger partial charge in [-0.25, -0.2) is 13.2 Å². The number of amides is 2. The first-order valence-corrected chi connectivity index (χ1v) is 10.2. The van der Waals surface area contributed by atoms with Crippen LogP contribution >= 0.6 is 0 Å². The Morgan fingerprint density at radius 3 is 2.65 bits per heavy atom. The van der Waals surface area contributed by atoms with Crippen LogP contribution < -0.4 is 5.32 Å². The number of rotatable bonds is 3. The van der Waals surface area contributed by atoms with Gasteiger partial charge in [0.15, 0.2) is 9.84 Å². The number of nitrogens with one attached hydrogen (secondary N) is 1. The van der Waals surface area contributed by atoms with Crippen LogP contribution in [0.15, 0.2) is 30.3 Å². The second kappa shape index (κ2) is 6.91. The summed E-state index contributed by atoms with van der Waals surface area (Å²) in [5, 5.41) is 2.93. The van der Waals surface area contributed by atoms with Crippen molar-refractivity contribution in [3.8, 4) is 0 Å². The lowest BCUT2D eigenvalue weighted by Gasteiger charge is -2.36. The number of sulfone groups is 1. The van der Waals surface area contributed by atoms with E-state index in [9.17, 15) is 13.2 Å². The first-order valence-electron chi connectivity index (χ1n) is 8.35.